The van der Waals surface area contributed by atoms with Gasteiger partial charge in [-0.05, 0) is 50.4 Å². The summed E-state index contributed by atoms with van der Waals surface area (Å²) < 4.78 is 0. The molecule has 2 bridgehead atoms. The first-order valence-corrected chi connectivity index (χ1v) is 5.86. The molecule has 0 radical (unpaired) electrons. The van der Waals surface area contributed by atoms with Crippen molar-refractivity contribution < 1.29 is 5.11 Å². The molecule has 4 atom stereocenters. The minimum absolute atomic E-state index is 0.366. The molecule has 13 heavy (non-hydrogen) atoms. The molecule has 0 spiro atoms. The van der Waals surface area contributed by atoms with E-state index in [1.165, 1.54) is 25.7 Å². The van der Waals surface area contributed by atoms with E-state index in [1.54, 1.807) is 0 Å². The molecule has 4 unspecified atom stereocenters. The highest BCUT2D eigenvalue weighted by Crippen LogP contribution is 2.52. The summed E-state index contributed by atoms with van der Waals surface area (Å²) in [6.45, 7) is 4.23. The minimum atomic E-state index is -0.366. The van der Waals surface area contributed by atoms with Gasteiger partial charge in [-0.3, -0.25) is 0 Å². The Morgan fingerprint density at radius 3 is 2.54 bits per heavy atom. The SMILES string of the molecule is CCCC(C)(O)C1CC2CCC1C2. The van der Waals surface area contributed by atoms with Gasteiger partial charge >= 0.3 is 0 Å². The summed E-state index contributed by atoms with van der Waals surface area (Å²) in [6.07, 6.45) is 7.63. The molecule has 1 nitrogen and oxygen atoms in total. The Morgan fingerprint density at radius 1 is 1.31 bits per heavy atom. The van der Waals surface area contributed by atoms with Gasteiger partial charge in [-0.15, -0.1) is 0 Å². The molecule has 0 aliphatic heterocycles. The first-order chi connectivity index (χ1) is 6.13. The summed E-state index contributed by atoms with van der Waals surface area (Å²) in [5, 5.41) is 10.3. The number of hydrogen-bond donors (Lipinski definition) is 1. The van der Waals surface area contributed by atoms with E-state index in [4.69, 9.17) is 0 Å². The predicted molar refractivity (Wildman–Crippen MR) is 54.5 cm³/mol. The van der Waals surface area contributed by atoms with Gasteiger partial charge in [0.2, 0.25) is 0 Å². The van der Waals surface area contributed by atoms with Gasteiger partial charge in [-0.2, -0.15) is 0 Å². The standard InChI is InChI=1S/C12H22O/c1-3-6-12(2,13)11-8-9-4-5-10(11)7-9/h9-11,13H,3-8H2,1-2H3. The molecule has 2 fully saturated rings. The lowest BCUT2D eigenvalue weighted by molar-refractivity contribution is -0.0317. The normalized spacial score (nSPS) is 42.2. The predicted octanol–water partition coefficient (Wildman–Crippen LogP) is 2.97. The Morgan fingerprint density at radius 2 is 2.08 bits per heavy atom. The molecule has 0 aromatic heterocycles. The van der Waals surface area contributed by atoms with Gasteiger partial charge in [-0.25, -0.2) is 0 Å². The van der Waals surface area contributed by atoms with Crippen LogP contribution < -0.4 is 0 Å². The number of rotatable bonds is 3. The fraction of sp³-hybridized carbons (Fsp3) is 1.00. The van der Waals surface area contributed by atoms with Crippen LogP contribution in [0.5, 0.6) is 0 Å². The second-order valence-electron chi connectivity index (χ2n) is 5.39. The Labute approximate surface area is 81.5 Å². The second-order valence-corrected chi connectivity index (χ2v) is 5.39. The molecule has 2 aliphatic carbocycles. The molecule has 0 heterocycles. The topological polar surface area (TPSA) is 20.2 Å². The third kappa shape index (κ3) is 1.63. The zero-order chi connectivity index (χ0) is 9.47. The van der Waals surface area contributed by atoms with Crippen LogP contribution in [0, 0.1) is 17.8 Å². The molecule has 0 saturated heterocycles. The third-order valence-electron chi connectivity index (χ3n) is 4.29. The lowest BCUT2D eigenvalue weighted by Gasteiger charge is -2.35. The van der Waals surface area contributed by atoms with Crippen molar-refractivity contribution in [2.24, 2.45) is 17.8 Å². The number of aliphatic hydroxyl groups is 1. The van der Waals surface area contributed by atoms with Crippen LogP contribution in [0.25, 0.3) is 0 Å². The van der Waals surface area contributed by atoms with Crippen molar-refractivity contribution in [2.75, 3.05) is 0 Å². The maximum atomic E-state index is 10.3. The van der Waals surface area contributed by atoms with Crippen molar-refractivity contribution >= 4 is 0 Å². The highest BCUT2D eigenvalue weighted by atomic mass is 16.3. The lowest BCUT2D eigenvalue weighted by Crippen LogP contribution is -2.37. The molecule has 1 heteroatoms. The van der Waals surface area contributed by atoms with Gasteiger partial charge in [0, 0.05) is 0 Å². The van der Waals surface area contributed by atoms with E-state index in [0.29, 0.717) is 5.92 Å². The van der Waals surface area contributed by atoms with Gasteiger partial charge in [-0.1, -0.05) is 19.8 Å². The second kappa shape index (κ2) is 3.27. The van der Waals surface area contributed by atoms with Crippen LogP contribution >= 0.6 is 0 Å². The molecule has 76 valence electrons. The molecule has 2 rings (SSSR count). The van der Waals surface area contributed by atoms with Gasteiger partial charge in [0.15, 0.2) is 0 Å². The monoisotopic (exact) mass is 182 g/mol. The Balaban J connectivity index is 2.01. The van der Waals surface area contributed by atoms with Crippen molar-refractivity contribution in [2.45, 2.75) is 58.0 Å². The Bertz CT molecular complexity index is 186. The van der Waals surface area contributed by atoms with Gasteiger partial charge < -0.3 is 5.11 Å². The molecule has 0 amide bonds. The van der Waals surface area contributed by atoms with Crippen LogP contribution in [0.4, 0.5) is 0 Å². The van der Waals surface area contributed by atoms with Crippen molar-refractivity contribution in [3.05, 3.63) is 0 Å². The summed E-state index contributed by atoms with van der Waals surface area (Å²) in [5.41, 5.74) is -0.366. The molecular weight excluding hydrogens is 160 g/mol. The van der Waals surface area contributed by atoms with Crippen LogP contribution in [0.3, 0.4) is 0 Å². The lowest BCUT2D eigenvalue weighted by atomic mass is 9.75. The van der Waals surface area contributed by atoms with Crippen LogP contribution in [0.2, 0.25) is 0 Å². The number of fused-ring (bicyclic) bond motifs is 2. The average molecular weight is 182 g/mol. The highest BCUT2D eigenvalue weighted by molar-refractivity contribution is 4.97. The van der Waals surface area contributed by atoms with Crippen molar-refractivity contribution in [1.82, 2.24) is 0 Å². The van der Waals surface area contributed by atoms with E-state index in [9.17, 15) is 5.11 Å². The summed E-state index contributed by atoms with van der Waals surface area (Å²) in [4.78, 5) is 0. The smallest absolute Gasteiger partial charge is 0.0650 e. The van der Waals surface area contributed by atoms with E-state index in [2.05, 4.69) is 13.8 Å². The molecule has 1 N–H and O–H groups in total. The molecule has 2 aliphatic rings. The fourth-order valence-electron chi connectivity index (χ4n) is 3.70. The van der Waals surface area contributed by atoms with Crippen molar-refractivity contribution in [3.63, 3.8) is 0 Å². The van der Waals surface area contributed by atoms with E-state index >= 15 is 0 Å². The Hall–Kier alpha value is -0.0400. The van der Waals surface area contributed by atoms with Crippen LogP contribution in [0.15, 0.2) is 0 Å². The Kier molecular flexibility index (Phi) is 2.39. The molecule has 0 aromatic carbocycles. The van der Waals surface area contributed by atoms with E-state index in [0.717, 1.165) is 24.7 Å². The van der Waals surface area contributed by atoms with Crippen LogP contribution in [-0.4, -0.2) is 10.7 Å². The van der Waals surface area contributed by atoms with Crippen molar-refractivity contribution in [3.8, 4) is 0 Å². The molecule has 0 aromatic rings. The quantitative estimate of drug-likeness (QED) is 0.711. The first-order valence-electron chi connectivity index (χ1n) is 5.86. The largest absolute Gasteiger partial charge is 0.390 e. The van der Waals surface area contributed by atoms with E-state index < -0.39 is 0 Å². The van der Waals surface area contributed by atoms with E-state index in [1.807, 2.05) is 0 Å². The summed E-state index contributed by atoms with van der Waals surface area (Å²) >= 11 is 0. The zero-order valence-corrected chi connectivity index (χ0v) is 8.92. The van der Waals surface area contributed by atoms with Gasteiger partial charge in [0.25, 0.3) is 0 Å². The van der Waals surface area contributed by atoms with Gasteiger partial charge in [0.05, 0.1) is 5.60 Å². The average Bonchev–Trinajstić information content (AvgIpc) is 2.63. The van der Waals surface area contributed by atoms with Gasteiger partial charge in [0.1, 0.15) is 0 Å². The summed E-state index contributed by atoms with van der Waals surface area (Å²) in [7, 11) is 0. The maximum Gasteiger partial charge on any atom is 0.0650 e. The highest BCUT2D eigenvalue weighted by Gasteiger charge is 2.46. The minimum Gasteiger partial charge on any atom is -0.390 e. The number of hydrogen-bond acceptors (Lipinski definition) is 1. The molecular formula is C12H22O. The summed E-state index contributed by atoms with van der Waals surface area (Å²) in [5.74, 6) is 2.43. The summed E-state index contributed by atoms with van der Waals surface area (Å²) in [6, 6.07) is 0. The van der Waals surface area contributed by atoms with Crippen LogP contribution in [-0.2, 0) is 0 Å². The zero-order valence-electron chi connectivity index (χ0n) is 8.92. The fourth-order valence-corrected chi connectivity index (χ4v) is 3.70. The van der Waals surface area contributed by atoms with Crippen LogP contribution in [0.1, 0.15) is 52.4 Å². The molecule has 2 saturated carbocycles. The first kappa shape index (κ1) is 9.51. The van der Waals surface area contributed by atoms with Crippen molar-refractivity contribution in [1.29, 1.82) is 0 Å². The maximum absolute atomic E-state index is 10.3. The third-order valence-corrected chi connectivity index (χ3v) is 4.29. The van der Waals surface area contributed by atoms with E-state index in [-0.39, 0.29) is 5.60 Å².